The van der Waals surface area contributed by atoms with Crippen LogP contribution in [-0.4, -0.2) is 28.7 Å². The Morgan fingerprint density at radius 1 is 1.22 bits per heavy atom. The van der Waals surface area contributed by atoms with Crippen molar-refractivity contribution < 1.29 is 9.53 Å². The van der Waals surface area contributed by atoms with Gasteiger partial charge in [0, 0.05) is 16.7 Å². The zero-order valence-electron chi connectivity index (χ0n) is 14.4. The molecule has 3 aromatic rings. The lowest BCUT2D eigenvalue weighted by Gasteiger charge is -2.10. The number of thioether (sulfide) groups is 1. The SMILES string of the molecule is COc1ccc(Cl)cc1NC(=O)CSc1nc(-c2ccccc2)cc(=O)[nH]1. The molecule has 8 heteroatoms. The van der Waals surface area contributed by atoms with Crippen LogP contribution in [-0.2, 0) is 4.79 Å². The van der Waals surface area contributed by atoms with Crippen molar-refractivity contribution in [1.29, 1.82) is 0 Å². The van der Waals surface area contributed by atoms with Crippen LogP contribution >= 0.6 is 23.4 Å². The number of carbonyl (C=O) groups excluding carboxylic acids is 1. The van der Waals surface area contributed by atoms with Gasteiger partial charge in [0.25, 0.3) is 5.56 Å². The van der Waals surface area contributed by atoms with E-state index in [0.29, 0.717) is 27.3 Å². The third-order valence-electron chi connectivity index (χ3n) is 3.57. The van der Waals surface area contributed by atoms with E-state index in [-0.39, 0.29) is 17.2 Å². The molecule has 1 aromatic heterocycles. The molecule has 0 unspecified atom stereocenters. The highest BCUT2D eigenvalue weighted by Gasteiger charge is 2.11. The van der Waals surface area contributed by atoms with Gasteiger partial charge in [0.15, 0.2) is 5.16 Å². The lowest BCUT2D eigenvalue weighted by Crippen LogP contribution is -2.16. The van der Waals surface area contributed by atoms with E-state index in [0.717, 1.165) is 17.3 Å². The van der Waals surface area contributed by atoms with Gasteiger partial charge in [-0.1, -0.05) is 53.7 Å². The van der Waals surface area contributed by atoms with Crippen molar-refractivity contribution in [1.82, 2.24) is 9.97 Å². The molecule has 0 atom stereocenters. The molecule has 27 heavy (non-hydrogen) atoms. The Morgan fingerprint density at radius 2 is 2.00 bits per heavy atom. The van der Waals surface area contributed by atoms with Crippen molar-refractivity contribution in [3.63, 3.8) is 0 Å². The van der Waals surface area contributed by atoms with Crippen LogP contribution in [0, 0.1) is 0 Å². The van der Waals surface area contributed by atoms with Crippen LogP contribution in [0.4, 0.5) is 5.69 Å². The first-order valence-electron chi connectivity index (χ1n) is 7.98. The second kappa shape index (κ2) is 8.75. The van der Waals surface area contributed by atoms with Crippen LogP contribution in [0.3, 0.4) is 0 Å². The Balaban J connectivity index is 1.70. The van der Waals surface area contributed by atoms with Gasteiger partial charge in [0.05, 0.1) is 24.2 Å². The van der Waals surface area contributed by atoms with Gasteiger partial charge in [-0.2, -0.15) is 0 Å². The fourth-order valence-corrected chi connectivity index (χ4v) is 3.21. The van der Waals surface area contributed by atoms with Crippen molar-refractivity contribution in [2.24, 2.45) is 0 Å². The number of aromatic nitrogens is 2. The van der Waals surface area contributed by atoms with Crippen LogP contribution in [0.25, 0.3) is 11.3 Å². The number of ether oxygens (including phenoxy) is 1. The van der Waals surface area contributed by atoms with E-state index in [9.17, 15) is 9.59 Å². The quantitative estimate of drug-likeness (QED) is 0.484. The van der Waals surface area contributed by atoms with Gasteiger partial charge >= 0.3 is 0 Å². The maximum atomic E-state index is 12.3. The second-order valence-electron chi connectivity index (χ2n) is 5.48. The molecule has 0 aliphatic heterocycles. The first-order valence-corrected chi connectivity index (χ1v) is 9.34. The summed E-state index contributed by atoms with van der Waals surface area (Å²) in [5.74, 6) is 0.306. The molecule has 0 aliphatic carbocycles. The van der Waals surface area contributed by atoms with Crippen molar-refractivity contribution >= 4 is 35.0 Å². The number of nitrogens with one attached hydrogen (secondary N) is 2. The molecule has 2 aromatic carbocycles. The predicted molar refractivity (Wildman–Crippen MR) is 108 cm³/mol. The summed E-state index contributed by atoms with van der Waals surface area (Å²) in [7, 11) is 1.51. The Hall–Kier alpha value is -2.77. The molecule has 0 saturated heterocycles. The molecule has 6 nitrogen and oxygen atoms in total. The summed E-state index contributed by atoms with van der Waals surface area (Å²) in [6.07, 6.45) is 0. The number of benzene rings is 2. The monoisotopic (exact) mass is 401 g/mol. The number of amides is 1. The van der Waals surface area contributed by atoms with Crippen LogP contribution in [0.5, 0.6) is 5.75 Å². The minimum atomic E-state index is -0.275. The number of methoxy groups -OCH3 is 1. The lowest BCUT2D eigenvalue weighted by atomic mass is 10.1. The van der Waals surface area contributed by atoms with Gasteiger partial charge < -0.3 is 15.0 Å². The average Bonchev–Trinajstić information content (AvgIpc) is 2.67. The normalized spacial score (nSPS) is 10.4. The number of nitrogens with zero attached hydrogens (tertiary/aromatic N) is 1. The minimum Gasteiger partial charge on any atom is -0.495 e. The number of hydrogen-bond acceptors (Lipinski definition) is 5. The Labute approximate surface area is 164 Å². The molecule has 0 saturated carbocycles. The number of carbonyl (C=O) groups is 1. The molecule has 2 N–H and O–H groups in total. The largest absolute Gasteiger partial charge is 0.495 e. The summed E-state index contributed by atoms with van der Waals surface area (Å²) in [6.45, 7) is 0. The number of halogens is 1. The number of hydrogen-bond donors (Lipinski definition) is 2. The summed E-state index contributed by atoms with van der Waals surface area (Å²) in [4.78, 5) is 31.2. The van der Waals surface area contributed by atoms with E-state index >= 15 is 0 Å². The molecule has 1 amide bonds. The summed E-state index contributed by atoms with van der Waals surface area (Å²) >= 11 is 7.10. The zero-order chi connectivity index (χ0) is 19.2. The van der Waals surface area contributed by atoms with Crippen LogP contribution < -0.4 is 15.6 Å². The molecule has 1 heterocycles. The van der Waals surface area contributed by atoms with Gasteiger partial charge in [-0.05, 0) is 18.2 Å². The van der Waals surface area contributed by atoms with Gasteiger partial charge in [-0.3, -0.25) is 9.59 Å². The van der Waals surface area contributed by atoms with Crippen molar-refractivity contribution in [2.45, 2.75) is 5.16 Å². The lowest BCUT2D eigenvalue weighted by molar-refractivity contribution is -0.113. The van der Waals surface area contributed by atoms with Crippen molar-refractivity contribution in [3.05, 3.63) is 70.0 Å². The molecule has 0 aliphatic rings. The number of anilines is 1. The molecule has 0 fully saturated rings. The number of aromatic amines is 1. The highest BCUT2D eigenvalue weighted by molar-refractivity contribution is 7.99. The van der Waals surface area contributed by atoms with Crippen LogP contribution in [0.2, 0.25) is 5.02 Å². The minimum absolute atomic E-state index is 0.0663. The van der Waals surface area contributed by atoms with E-state index in [1.165, 1.54) is 13.2 Å². The fraction of sp³-hybridized carbons (Fsp3) is 0.105. The molecule has 0 radical (unpaired) electrons. The highest BCUT2D eigenvalue weighted by atomic mass is 35.5. The number of rotatable bonds is 6. The van der Waals surface area contributed by atoms with E-state index in [4.69, 9.17) is 16.3 Å². The first-order chi connectivity index (χ1) is 13.0. The molecular formula is C19H16ClN3O3S. The Bertz CT molecular complexity index is 1010. The molecule has 138 valence electrons. The van der Waals surface area contributed by atoms with E-state index in [1.54, 1.807) is 18.2 Å². The number of H-pyrrole nitrogens is 1. The zero-order valence-corrected chi connectivity index (χ0v) is 15.9. The third-order valence-corrected chi connectivity index (χ3v) is 4.67. The van der Waals surface area contributed by atoms with Crippen LogP contribution in [0.15, 0.2) is 64.5 Å². The molecule has 0 spiro atoms. The summed E-state index contributed by atoms with van der Waals surface area (Å²) < 4.78 is 5.20. The highest BCUT2D eigenvalue weighted by Crippen LogP contribution is 2.28. The van der Waals surface area contributed by atoms with Crippen LogP contribution in [0.1, 0.15) is 0 Å². The van der Waals surface area contributed by atoms with E-state index < -0.39 is 0 Å². The molecule has 3 rings (SSSR count). The summed E-state index contributed by atoms with van der Waals surface area (Å²) in [5, 5.41) is 3.60. The van der Waals surface area contributed by atoms with E-state index in [2.05, 4.69) is 15.3 Å². The van der Waals surface area contributed by atoms with E-state index in [1.807, 2.05) is 30.3 Å². The van der Waals surface area contributed by atoms with Crippen molar-refractivity contribution in [2.75, 3.05) is 18.2 Å². The third kappa shape index (κ3) is 5.12. The predicted octanol–water partition coefficient (Wildman–Crippen LogP) is 3.83. The van der Waals surface area contributed by atoms with Gasteiger partial charge in [-0.25, -0.2) is 4.98 Å². The average molecular weight is 402 g/mol. The topological polar surface area (TPSA) is 84.1 Å². The molecular weight excluding hydrogens is 386 g/mol. The fourth-order valence-electron chi connectivity index (χ4n) is 2.36. The summed E-state index contributed by atoms with van der Waals surface area (Å²) in [6, 6.07) is 15.8. The van der Waals surface area contributed by atoms with Gasteiger partial charge in [0.2, 0.25) is 5.91 Å². The Kier molecular flexibility index (Phi) is 6.16. The van der Waals surface area contributed by atoms with Gasteiger partial charge in [0.1, 0.15) is 5.75 Å². The second-order valence-corrected chi connectivity index (χ2v) is 6.88. The standard InChI is InChI=1S/C19H16ClN3O3S/c1-26-16-8-7-13(20)9-15(16)21-18(25)11-27-19-22-14(10-17(24)23-19)12-5-3-2-4-6-12/h2-10H,11H2,1H3,(H,21,25)(H,22,23,24). The van der Waals surface area contributed by atoms with Crippen molar-refractivity contribution in [3.8, 4) is 17.0 Å². The van der Waals surface area contributed by atoms with Gasteiger partial charge in [-0.15, -0.1) is 0 Å². The smallest absolute Gasteiger partial charge is 0.252 e. The first kappa shape index (κ1) is 19.0. The Morgan fingerprint density at radius 3 is 2.74 bits per heavy atom. The maximum absolute atomic E-state index is 12.3. The maximum Gasteiger partial charge on any atom is 0.252 e. The summed E-state index contributed by atoms with van der Waals surface area (Å²) in [5.41, 5.74) is 1.59. The molecule has 0 bridgehead atoms.